The molecule has 42 heavy (non-hydrogen) atoms. The Bertz CT molecular complexity index is 1040. The number of quaternary nitrogens is 1. The van der Waals surface area contributed by atoms with E-state index < -0.39 is 0 Å². The number of aliphatic hydroxyl groups excluding tert-OH is 1. The Hall–Kier alpha value is -0.170. The molecule has 7 fully saturated rings. The third kappa shape index (κ3) is 4.63. The van der Waals surface area contributed by atoms with E-state index in [4.69, 9.17) is 9.47 Å². The Morgan fingerprint density at radius 3 is 2.17 bits per heavy atom. The Balaban J connectivity index is 0.00000202. The zero-order valence-electron chi connectivity index (χ0n) is 27.7. The Morgan fingerprint density at radius 2 is 1.52 bits per heavy atom. The van der Waals surface area contributed by atoms with E-state index in [1.165, 1.54) is 57.8 Å². The Morgan fingerprint density at radius 1 is 0.857 bits per heavy atom. The minimum Gasteiger partial charge on any atom is -1.00 e. The van der Waals surface area contributed by atoms with Gasteiger partial charge in [-0.2, -0.15) is 0 Å². The van der Waals surface area contributed by atoms with Crippen molar-refractivity contribution in [1.82, 2.24) is 0 Å². The normalized spacial score (nSPS) is 48.0. The number of fused-ring (bicyclic) bond motifs is 7. The van der Waals surface area contributed by atoms with Gasteiger partial charge in [-0.15, -0.1) is 0 Å². The van der Waals surface area contributed by atoms with Gasteiger partial charge < -0.3 is 36.0 Å². The molecule has 0 aromatic carbocycles. The molecular weight excluding hydrogens is 590 g/mol. The van der Waals surface area contributed by atoms with Gasteiger partial charge in [0.25, 0.3) is 0 Å². The first-order valence-electron chi connectivity index (χ1n) is 16.8. The average molecular weight is 655 g/mol. The first-order chi connectivity index (χ1) is 18.5. The molecule has 1 spiro atoms. The summed E-state index contributed by atoms with van der Waals surface area (Å²) < 4.78 is 13.6. The summed E-state index contributed by atoms with van der Waals surface area (Å²) in [6, 6.07) is 0. The Labute approximate surface area is 268 Å². The highest BCUT2D eigenvalue weighted by atomic mass is 79.9. The molecule has 0 aromatic heterocycles. The minimum atomic E-state index is -0.110. The van der Waals surface area contributed by atoms with Crippen LogP contribution in [0.2, 0.25) is 0 Å². The lowest BCUT2D eigenvalue weighted by molar-refractivity contribution is -0.883. The van der Waals surface area contributed by atoms with Crippen molar-refractivity contribution in [3.05, 3.63) is 0 Å². The maximum absolute atomic E-state index is 13.1. The largest absolute Gasteiger partial charge is 1.00 e. The molecule has 244 valence electrons. The van der Waals surface area contributed by atoms with Crippen molar-refractivity contribution in [3.63, 3.8) is 0 Å². The summed E-state index contributed by atoms with van der Waals surface area (Å²) in [6.45, 7) is 18.8. The van der Waals surface area contributed by atoms with Crippen LogP contribution in [0.4, 0.5) is 0 Å². The highest BCUT2D eigenvalue weighted by Gasteiger charge is 2.75. The van der Waals surface area contributed by atoms with Crippen LogP contribution in [-0.4, -0.2) is 67.2 Å². The number of rotatable bonds is 5. The fourth-order valence-corrected chi connectivity index (χ4v) is 12.7. The van der Waals surface area contributed by atoms with Gasteiger partial charge in [0.2, 0.25) is 0 Å². The van der Waals surface area contributed by atoms with Crippen LogP contribution in [0.15, 0.2) is 0 Å². The lowest BCUT2D eigenvalue weighted by Gasteiger charge is -2.77. The molecule has 4 unspecified atom stereocenters. The second-order valence-electron chi connectivity index (χ2n) is 18.2. The molecule has 0 amide bonds. The number of carbonyl (C=O) groups excluding carboxylic acids is 1. The van der Waals surface area contributed by atoms with Gasteiger partial charge in [0.15, 0.2) is 6.54 Å². The standard InChI is InChI=1S/C35H60NO4.CH4.BrH/c1-30(2)16-18-35-19-17-33(6)23(28(35)29(30)40-35)10-11-25-32(5)14-13-26(39-27(38)22-36(8,9)20-21-37)31(3,4)24(32)12-15-34(25,33)7;;/h23-26,28-29,37H,10-22H2,1-9H3;1H4;1H/q+1;;/p-1/t23?,24?,25?,26-,28?,29+,32-,33+,34+,35-;;/m0../s1. The summed E-state index contributed by atoms with van der Waals surface area (Å²) in [5.41, 5.74) is 1.52. The number of hydrogen-bond donors (Lipinski definition) is 1. The molecule has 2 saturated heterocycles. The predicted molar refractivity (Wildman–Crippen MR) is 165 cm³/mol. The molecule has 1 N–H and O–H groups in total. The van der Waals surface area contributed by atoms with E-state index in [1.54, 1.807) is 0 Å². The zero-order chi connectivity index (χ0) is 29.1. The lowest BCUT2D eigenvalue weighted by atomic mass is 9.31. The summed E-state index contributed by atoms with van der Waals surface area (Å²) in [5.74, 6) is 2.76. The van der Waals surface area contributed by atoms with Crippen LogP contribution < -0.4 is 17.0 Å². The second-order valence-corrected chi connectivity index (χ2v) is 18.2. The molecule has 0 radical (unpaired) electrons. The summed E-state index contributed by atoms with van der Waals surface area (Å²) in [5, 5.41) is 9.40. The van der Waals surface area contributed by atoms with Crippen molar-refractivity contribution in [2.75, 3.05) is 33.8 Å². The number of aliphatic hydroxyl groups is 1. The zero-order valence-corrected chi connectivity index (χ0v) is 29.2. The SMILES string of the molecule is C.CC1(C)CC[C@]23CC[C@]4(C)C(CCC5[C@@]6(C)CC[C@H](OC(=O)C[N+](C)(C)CCO)C(C)(C)C6CC[C@]54C)C2[C@H]1O3.[Br-]. The minimum absolute atomic E-state index is 0. The van der Waals surface area contributed by atoms with Crippen molar-refractivity contribution < 1.29 is 40.8 Å². The van der Waals surface area contributed by atoms with Gasteiger partial charge in [-0.1, -0.05) is 55.9 Å². The van der Waals surface area contributed by atoms with Crippen LogP contribution >= 0.6 is 0 Å². The smallest absolute Gasteiger partial charge is 0.362 e. The lowest BCUT2D eigenvalue weighted by Crippen LogP contribution is -3.00. The molecule has 5 nitrogen and oxygen atoms in total. The van der Waals surface area contributed by atoms with E-state index in [1.807, 2.05) is 14.1 Å². The van der Waals surface area contributed by atoms with Crippen LogP contribution in [-0.2, 0) is 14.3 Å². The molecular formula is C36H64BrNO4. The van der Waals surface area contributed by atoms with Crippen molar-refractivity contribution in [1.29, 1.82) is 0 Å². The fourth-order valence-electron chi connectivity index (χ4n) is 12.7. The molecule has 5 aliphatic carbocycles. The van der Waals surface area contributed by atoms with Crippen LogP contribution in [0.5, 0.6) is 0 Å². The fraction of sp³-hybridized carbons (Fsp3) is 0.972. The molecule has 0 aromatic rings. The first-order valence-corrected chi connectivity index (χ1v) is 16.8. The number of carbonyl (C=O) groups is 1. The Kier molecular flexibility index (Phi) is 8.83. The molecule has 7 rings (SSSR count). The highest BCUT2D eigenvalue weighted by molar-refractivity contribution is 5.70. The van der Waals surface area contributed by atoms with E-state index in [9.17, 15) is 9.90 Å². The van der Waals surface area contributed by atoms with Gasteiger partial charge in [0.05, 0.1) is 32.4 Å². The van der Waals surface area contributed by atoms with Crippen molar-refractivity contribution in [2.45, 2.75) is 138 Å². The number of likely N-dealkylation sites (N-methyl/N-ethyl adjacent to an activating group) is 1. The third-order valence-electron chi connectivity index (χ3n) is 15.2. The van der Waals surface area contributed by atoms with E-state index in [2.05, 4.69) is 48.5 Å². The topological polar surface area (TPSA) is 55.8 Å². The van der Waals surface area contributed by atoms with E-state index in [0.717, 1.165) is 24.2 Å². The molecule has 5 saturated carbocycles. The van der Waals surface area contributed by atoms with Gasteiger partial charge in [-0.3, -0.25) is 0 Å². The van der Waals surface area contributed by atoms with Gasteiger partial charge in [-0.25, -0.2) is 4.79 Å². The summed E-state index contributed by atoms with van der Waals surface area (Å²) in [4.78, 5) is 13.1. The number of ether oxygens (including phenoxy) is 2. The van der Waals surface area contributed by atoms with Gasteiger partial charge >= 0.3 is 5.97 Å². The van der Waals surface area contributed by atoms with Crippen molar-refractivity contribution >= 4 is 5.97 Å². The first kappa shape index (κ1) is 34.7. The number of esters is 1. The molecule has 10 atom stereocenters. The highest BCUT2D eigenvalue weighted by Crippen LogP contribution is 2.78. The van der Waals surface area contributed by atoms with Crippen LogP contribution in [0.3, 0.4) is 0 Å². The van der Waals surface area contributed by atoms with Gasteiger partial charge in [0.1, 0.15) is 12.6 Å². The maximum Gasteiger partial charge on any atom is 0.362 e. The van der Waals surface area contributed by atoms with Crippen LogP contribution in [0.25, 0.3) is 0 Å². The molecule has 7 aliphatic rings. The number of halogens is 1. The van der Waals surface area contributed by atoms with E-state index in [-0.39, 0.29) is 54.1 Å². The maximum atomic E-state index is 13.1. The summed E-state index contributed by atoms with van der Waals surface area (Å²) in [6.07, 6.45) is 13.1. The van der Waals surface area contributed by atoms with E-state index >= 15 is 0 Å². The molecule has 6 heteroatoms. The molecule has 2 bridgehead atoms. The van der Waals surface area contributed by atoms with Crippen molar-refractivity contribution in [2.24, 2.45) is 50.7 Å². The van der Waals surface area contributed by atoms with Crippen LogP contribution in [0, 0.1) is 50.7 Å². The number of nitrogens with zero attached hydrogens (tertiary/aromatic N) is 1. The van der Waals surface area contributed by atoms with Crippen LogP contribution in [0.1, 0.15) is 120 Å². The molecule has 2 heterocycles. The van der Waals surface area contributed by atoms with E-state index in [0.29, 0.717) is 51.3 Å². The van der Waals surface area contributed by atoms with Gasteiger partial charge in [0, 0.05) is 11.3 Å². The van der Waals surface area contributed by atoms with Gasteiger partial charge in [-0.05, 0) is 104 Å². The monoisotopic (exact) mass is 653 g/mol. The quantitative estimate of drug-likeness (QED) is 0.356. The summed E-state index contributed by atoms with van der Waals surface area (Å²) >= 11 is 0. The molecule has 2 aliphatic heterocycles. The van der Waals surface area contributed by atoms with Crippen molar-refractivity contribution in [3.8, 4) is 0 Å². The average Bonchev–Trinajstić information content (AvgIpc) is 2.81. The number of hydrogen-bond acceptors (Lipinski definition) is 4. The third-order valence-corrected chi connectivity index (χ3v) is 15.2. The second kappa shape index (κ2) is 10.7. The summed E-state index contributed by atoms with van der Waals surface area (Å²) in [7, 11) is 3.99. The predicted octanol–water partition coefficient (Wildman–Crippen LogP) is 4.25.